The lowest BCUT2D eigenvalue weighted by atomic mass is 9.93. The van der Waals surface area contributed by atoms with Gasteiger partial charge < -0.3 is 14.8 Å². The molecule has 1 saturated carbocycles. The number of nitrogens with zero attached hydrogens (tertiary/aromatic N) is 1. The Morgan fingerprint density at radius 2 is 2.50 bits per heavy atom. The lowest BCUT2D eigenvalue weighted by Crippen LogP contribution is -2.34. The summed E-state index contributed by atoms with van der Waals surface area (Å²) in [5.41, 5.74) is 0.648. The Balaban J connectivity index is 1.86. The van der Waals surface area contributed by atoms with Gasteiger partial charge in [-0.2, -0.15) is 0 Å². The van der Waals surface area contributed by atoms with Crippen LogP contribution in [0.1, 0.15) is 35.6 Å². The fraction of sp³-hybridized carbons (Fsp3) is 0.556. The number of hydrogen-bond acceptors (Lipinski definition) is 4. The third-order valence-corrected chi connectivity index (χ3v) is 2.41. The Labute approximate surface area is 81.1 Å². The molecule has 0 bridgehead atoms. The first-order valence-corrected chi connectivity index (χ1v) is 4.67. The summed E-state index contributed by atoms with van der Waals surface area (Å²) in [6.45, 7) is 0.585. The van der Waals surface area contributed by atoms with E-state index in [0.29, 0.717) is 18.3 Å². The zero-order valence-electron chi connectivity index (χ0n) is 7.69. The molecule has 76 valence electrons. The van der Waals surface area contributed by atoms with Crippen LogP contribution in [0.5, 0.6) is 0 Å². The predicted molar refractivity (Wildman–Crippen MR) is 47.9 cm³/mol. The minimum atomic E-state index is -1.13. The van der Waals surface area contributed by atoms with Crippen LogP contribution in [0.2, 0.25) is 0 Å². The molecule has 1 heterocycles. The van der Waals surface area contributed by atoms with Crippen molar-refractivity contribution in [2.75, 3.05) is 0 Å². The van der Waals surface area contributed by atoms with Crippen LogP contribution in [-0.2, 0) is 6.54 Å². The number of aromatic carboxylic acids is 1. The van der Waals surface area contributed by atoms with E-state index in [2.05, 4.69) is 10.3 Å². The van der Waals surface area contributed by atoms with Gasteiger partial charge in [0.2, 0.25) is 0 Å². The highest BCUT2D eigenvalue weighted by Gasteiger charge is 2.17. The van der Waals surface area contributed by atoms with Gasteiger partial charge in [0.05, 0.1) is 5.69 Å². The van der Waals surface area contributed by atoms with Crippen molar-refractivity contribution in [1.82, 2.24) is 10.3 Å². The van der Waals surface area contributed by atoms with Crippen molar-refractivity contribution in [2.45, 2.75) is 31.8 Å². The molecule has 1 aliphatic carbocycles. The van der Waals surface area contributed by atoms with Gasteiger partial charge in [0.1, 0.15) is 6.26 Å². The lowest BCUT2D eigenvalue weighted by molar-refractivity contribution is 0.0653. The summed E-state index contributed by atoms with van der Waals surface area (Å²) in [5, 5.41) is 11.8. The first-order chi connectivity index (χ1) is 6.75. The molecule has 1 fully saturated rings. The van der Waals surface area contributed by atoms with Gasteiger partial charge in [0.25, 0.3) is 0 Å². The molecule has 0 radical (unpaired) electrons. The number of rotatable bonds is 4. The molecule has 0 saturated heterocycles. The topological polar surface area (TPSA) is 75.4 Å². The van der Waals surface area contributed by atoms with E-state index in [1.165, 1.54) is 25.5 Å². The highest BCUT2D eigenvalue weighted by atomic mass is 16.4. The molecular weight excluding hydrogens is 184 g/mol. The average molecular weight is 196 g/mol. The third-order valence-electron chi connectivity index (χ3n) is 2.41. The van der Waals surface area contributed by atoms with Gasteiger partial charge >= 0.3 is 11.9 Å². The number of oxazole rings is 1. The van der Waals surface area contributed by atoms with Crippen LogP contribution < -0.4 is 5.32 Å². The smallest absolute Gasteiger partial charge is 0.392 e. The summed E-state index contributed by atoms with van der Waals surface area (Å²) in [6.07, 6.45) is 5.05. The van der Waals surface area contributed by atoms with E-state index < -0.39 is 5.97 Å². The fourth-order valence-corrected chi connectivity index (χ4v) is 1.35. The maximum Gasteiger partial charge on any atom is 0.392 e. The van der Waals surface area contributed by atoms with Crippen molar-refractivity contribution < 1.29 is 14.3 Å². The van der Waals surface area contributed by atoms with Gasteiger partial charge in [-0.1, -0.05) is 6.42 Å². The summed E-state index contributed by atoms with van der Waals surface area (Å²) in [5.74, 6) is -1.37. The number of carbonyl (C=O) groups is 1. The van der Waals surface area contributed by atoms with E-state index in [9.17, 15) is 4.79 Å². The van der Waals surface area contributed by atoms with E-state index >= 15 is 0 Å². The van der Waals surface area contributed by atoms with E-state index in [-0.39, 0.29) is 5.89 Å². The van der Waals surface area contributed by atoms with Crippen molar-refractivity contribution >= 4 is 5.97 Å². The second-order valence-electron chi connectivity index (χ2n) is 3.46. The van der Waals surface area contributed by atoms with Gasteiger partial charge in [0.15, 0.2) is 0 Å². The summed E-state index contributed by atoms with van der Waals surface area (Å²) < 4.78 is 4.76. The Morgan fingerprint density at radius 3 is 3.00 bits per heavy atom. The van der Waals surface area contributed by atoms with E-state index in [0.717, 1.165) is 0 Å². The number of carboxylic acids is 1. The van der Waals surface area contributed by atoms with Crippen LogP contribution in [0.15, 0.2) is 10.7 Å². The van der Waals surface area contributed by atoms with Crippen molar-refractivity contribution in [1.29, 1.82) is 0 Å². The molecule has 0 unspecified atom stereocenters. The zero-order chi connectivity index (χ0) is 9.97. The van der Waals surface area contributed by atoms with Crippen LogP contribution in [-0.4, -0.2) is 22.1 Å². The molecule has 0 aromatic carbocycles. The van der Waals surface area contributed by atoms with Gasteiger partial charge in [-0.3, -0.25) is 0 Å². The normalized spacial score (nSPS) is 16.6. The molecule has 14 heavy (non-hydrogen) atoms. The Bertz CT molecular complexity index is 331. The number of aromatic nitrogens is 1. The maximum absolute atomic E-state index is 10.4. The Morgan fingerprint density at radius 1 is 1.71 bits per heavy atom. The number of carboxylic acid groups (broad SMARTS) is 1. The molecule has 1 aliphatic rings. The fourth-order valence-electron chi connectivity index (χ4n) is 1.35. The standard InChI is InChI=1S/C9H12N2O3/c12-9(13)8-11-7(5-14-8)4-10-6-2-1-3-6/h5-6,10H,1-4H2,(H,12,13). The second kappa shape index (κ2) is 3.79. The minimum absolute atomic E-state index is 0.240. The lowest BCUT2D eigenvalue weighted by Gasteiger charge is -2.25. The number of hydrogen-bond donors (Lipinski definition) is 2. The van der Waals surface area contributed by atoms with Crippen molar-refractivity contribution in [3.05, 3.63) is 17.8 Å². The molecule has 0 atom stereocenters. The molecule has 1 aromatic rings. The van der Waals surface area contributed by atoms with E-state index in [1.807, 2.05) is 0 Å². The summed E-state index contributed by atoms with van der Waals surface area (Å²) >= 11 is 0. The molecule has 2 rings (SSSR count). The minimum Gasteiger partial charge on any atom is -0.474 e. The first kappa shape index (κ1) is 9.21. The van der Waals surface area contributed by atoms with Gasteiger partial charge in [-0.05, 0) is 12.8 Å². The summed E-state index contributed by atoms with van der Waals surface area (Å²) in [7, 11) is 0. The van der Waals surface area contributed by atoms with Crippen LogP contribution >= 0.6 is 0 Å². The monoisotopic (exact) mass is 196 g/mol. The molecule has 0 aliphatic heterocycles. The van der Waals surface area contributed by atoms with E-state index in [4.69, 9.17) is 9.52 Å². The van der Waals surface area contributed by atoms with Crippen molar-refractivity contribution in [3.63, 3.8) is 0 Å². The summed E-state index contributed by atoms with van der Waals surface area (Å²) in [4.78, 5) is 14.3. The van der Waals surface area contributed by atoms with Crippen molar-refractivity contribution in [3.8, 4) is 0 Å². The van der Waals surface area contributed by atoms with Gasteiger partial charge in [0, 0.05) is 12.6 Å². The zero-order valence-corrected chi connectivity index (χ0v) is 7.69. The molecular formula is C9H12N2O3. The van der Waals surface area contributed by atoms with E-state index in [1.54, 1.807) is 0 Å². The Kier molecular flexibility index (Phi) is 2.49. The molecule has 0 spiro atoms. The molecule has 2 N–H and O–H groups in total. The van der Waals surface area contributed by atoms with Crippen LogP contribution in [0, 0.1) is 0 Å². The number of nitrogens with one attached hydrogen (secondary N) is 1. The molecule has 1 aromatic heterocycles. The van der Waals surface area contributed by atoms with Crippen LogP contribution in [0.4, 0.5) is 0 Å². The highest BCUT2D eigenvalue weighted by molar-refractivity contribution is 5.82. The SMILES string of the molecule is O=C(O)c1nc(CNC2CCC2)co1. The summed E-state index contributed by atoms with van der Waals surface area (Å²) in [6, 6.07) is 0.569. The van der Waals surface area contributed by atoms with Crippen LogP contribution in [0.3, 0.4) is 0 Å². The largest absolute Gasteiger partial charge is 0.474 e. The van der Waals surface area contributed by atoms with Gasteiger partial charge in [-0.15, -0.1) is 0 Å². The average Bonchev–Trinajstić information content (AvgIpc) is 2.50. The molecule has 0 amide bonds. The van der Waals surface area contributed by atoms with Gasteiger partial charge in [-0.25, -0.2) is 9.78 Å². The maximum atomic E-state index is 10.4. The first-order valence-electron chi connectivity index (χ1n) is 4.67. The third kappa shape index (κ3) is 1.93. The Hall–Kier alpha value is -1.36. The predicted octanol–water partition coefficient (Wildman–Crippen LogP) is 1.01. The highest BCUT2D eigenvalue weighted by Crippen LogP contribution is 2.18. The van der Waals surface area contributed by atoms with Crippen molar-refractivity contribution in [2.24, 2.45) is 0 Å². The second-order valence-corrected chi connectivity index (χ2v) is 3.46. The van der Waals surface area contributed by atoms with Crippen LogP contribution in [0.25, 0.3) is 0 Å². The quantitative estimate of drug-likeness (QED) is 0.751. The molecule has 5 heteroatoms. The molecule has 5 nitrogen and oxygen atoms in total.